The van der Waals surface area contributed by atoms with Crippen molar-refractivity contribution in [3.63, 3.8) is 0 Å². The average Bonchev–Trinajstić information content (AvgIpc) is 2.91. The van der Waals surface area contributed by atoms with Crippen molar-refractivity contribution in [3.05, 3.63) is 61.4 Å². The van der Waals surface area contributed by atoms with E-state index < -0.39 is 0 Å². The fourth-order valence-corrected chi connectivity index (χ4v) is 4.15. The lowest BCUT2D eigenvalue weighted by molar-refractivity contribution is -0.122. The summed E-state index contributed by atoms with van der Waals surface area (Å²) in [6.45, 7) is 5.87. The van der Waals surface area contributed by atoms with E-state index in [1.165, 1.54) is 22.2 Å². The highest BCUT2D eigenvalue weighted by Crippen LogP contribution is 2.25. The van der Waals surface area contributed by atoms with E-state index in [2.05, 4.69) is 26.2 Å². The van der Waals surface area contributed by atoms with Crippen LogP contribution in [0.15, 0.2) is 39.9 Å². The number of amides is 1. The quantitative estimate of drug-likeness (QED) is 0.658. The van der Waals surface area contributed by atoms with Gasteiger partial charge in [-0.15, -0.1) is 11.3 Å². The van der Waals surface area contributed by atoms with Gasteiger partial charge in [-0.3, -0.25) is 14.2 Å². The third-order valence-corrected chi connectivity index (χ3v) is 6.13. The lowest BCUT2D eigenvalue weighted by Crippen LogP contribution is -2.34. The number of rotatable bonds is 5. The van der Waals surface area contributed by atoms with Crippen LogP contribution in [0.25, 0.3) is 10.2 Å². The van der Waals surface area contributed by atoms with Crippen molar-refractivity contribution in [1.82, 2.24) is 14.9 Å². The first-order chi connectivity index (χ1) is 12.4. The minimum absolute atomic E-state index is 0.0386. The molecule has 0 unspecified atom stereocenters. The summed E-state index contributed by atoms with van der Waals surface area (Å²) in [5.74, 6) is -0.201. The molecule has 0 aliphatic rings. The Bertz CT molecular complexity index is 1010. The number of hydrogen-bond donors (Lipinski definition) is 1. The Labute approximate surface area is 164 Å². The maximum Gasteiger partial charge on any atom is 0.262 e. The van der Waals surface area contributed by atoms with Gasteiger partial charge in [-0.1, -0.05) is 35.0 Å². The topological polar surface area (TPSA) is 64.0 Å². The van der Waals surface area contributed by atoms with Crippen LogP contribution in [0.2, 0.25) is 0 Å². The number of hydrogen-bond acceptors (Lipinski definition) is 4. The molecule has 26 heavy (non-hydrogen) atoms. The monoisotopic (exact) mass is 433 g/mol. The highest BCUT2D eigenvalue weighted by molar-refractivity contribution is 9.10. The van der Waals surface area contributed by atoms with Gasteiger partial charge < -0.3 is 5.32 Å². The standard InChI is InChI=1S/C19H20BrN3O2S/c1-4-15(13-5-7-14(20)8-6-13)22-16(24)9-23-10-21-18-17(19(23)25)11(2)12(3)26-18/h5-8,10,15H,4,9H2,1-3H3,(H,22,24)/t15-/m1/s1. The molecule has 7 heteroatoms. The molecule has 5 nitrogen and oxygen atoms in total. The van der Waals surface area contributed by atoms with Crippen LogP contribution in [0.3, 0.4) is 0 Å². The van der Waals surface area contributed by atoms with Crippen LogP contribution in [0, 0.1) is 13.8 Å². The molecule has 0 aliphatic carbocycles. The molecule has 0 fully saturated rings. The molecule has 0 saturated heterocycles. The summed E-state index contributed by atoms with van der Waals surface area (Å²) in [4.78, 5) is 31.3. The summed E-state index contributed by atoms with van der Waals surface area (Å²) in [5, 5.41) is 3.62. The second-order valence-electron chi connectivity index (χ2n) is 6.22. The number of carbonyl (C=O) groups is 1. The molecular weight excluding hydrogens is 414 g/mol. The number of nitrogens with zero attached hydrogens (tertiary/aromatic N) is 2. The molecule has 3 rings (SSSR count). The molecule has 0 saturated carbocycles. The van der Waals surface area contributed by atoms with E-state index in [0.29, 0.717) is 5.39 Å². The molecule has 0 bridgehead atoms. The molecule has 1 N–H and O–H groups in total. The first kappa shape index (κ1) is 18.8. The van der Waals surface area contributed by atoms with Crippen molar-refractivity contribution >= 4 is 43.4 Å². The Hall–Kier alpha value is -1.99. The van der Waals surface area contributed by atoms with Crippen molar-refractivity contribution in [3.8, 4) is 0 Å². The maximum absolute atomic E-state index is 12.7. The number of halogens is 1. The number of fused-ring (bicyclic) bond motifs is 1. The summed E-state index contributed by atoms with van der Waals surface area (Å²) in [5.41, 5.74) is 1.82. The molecule has 1 aromatic carbocycles. The van der Waals surface area contributed by atoms with Crippen molar-refractivity contribution in [2.45, 2.75) is 39.8 Å². The Morgan fingerprint density at radius 1 is 1.31 bits per heavy atom. The zero-order valence-electron chi connectivity index (χ0n) is 14.9. The summed E-state index contributed by atoms with van der Waals surface area (Å²) in [6.07, 6.45) is 2.22. The minimum atomic E-state index is -0.201. The van der Waals surface area contributed by atoms with E-state index in [4.69, 9.17) is 0 Å². The van der Waals surface area contributed by atoms with Crippen LogP contribution < -0.4 is 10.9 Å². The number of benzene rings is 1. The van der Waals surface area contributed by atoms with E-state index >= 15 is 0 Å². The second-order valence-corrected chi connectivity index (χ2v) is 8.34. The summed E-state index contributed by atoms with van der Waals surface area (Å²) >= 11 is 4.92. The molecule has 1 amide bonds. The van der Waals surface area contributed by atoms with E-state index in [-0.39, 0.29) is 24.1 Å². The first-order valence-electron chi connectivity index (χ1n) is 8.40. The van der Waals surface area contributed by atoms with Gasteiger partial charge in [-0.2, -0.15) is 0 Å². The summed E-state index contributed by atoms with van der Waals surface area (Å²) < 4.78 is 2.38. The lowest BCUT2D eigenvalue weighted by atomic mass is 10.0. The van der Waals surface area contributed by atoms with E-state index in [9.17, 15) is 9.59 Å². The smallest absolute Gasteiger partial charge is 0.262 e. The zero-order valence-corrected chi connectivity index (χ0v) is 17.3. The Morgan fingerprint density at radius 3 is 2.65 bits per heavy atom. The first-order valence-corrected chi connectivity index (χ1v) is 10.0. The maximum atomic E-state index is 12.7. The minimum Gasteiger partial charge on any atom is -0.348 e. The molecule has 0 spiro atoms. The third kappa shape index (κ3) is 3.73. The van der Waals surface area contributed by atoms with Crippen LogP contribution in [-0.4, -0.2) is 15.5 Å². The fraction of sp³-hybridized carbons (Fsp3) is 0.316. The lowest BCUT2D eigenvalue weighted by Gasteiger charge is -2.18. The molecular formula is C19H20BrN3O2S. The van der Waals surface area contributed by atoms with Crippen molar-refractivity contribution in [2.75, 3.05) is 0 Å². The van der Waals surface area contributed by atoms with Gasteiger partial charge in [0.05, 0.1) is 17.8 Å². The number of thiophene rings is 1. The average molecular weight is 434 g/mol. The van der Waals surface area contributed by atoms with Gasteiger partial charge in [0, 0.05) is 9.35 Å². The van der Waals surface area contributed by atoms with E-state index in [1.54, 1.807) is 0 Å². The number of aromatic nitrogens is 2. The molecule has 2 heterocycles. The second kappa shape index (κ2) is 7.72. The Kier molecular flexibility index (Phi) is 5.58. The Morgan fingerprint density at radius 2 is 2.00 bits per heavy atom. The molecule has 3 aromatic rings. The Balaban J connectivity index is 1.80. The van der Waals surface area contributed by atoms with Gasteiger partial charge >= 0.3 is 0 Å². The SMILES string of the molecule is CC[C@@H](NC(=O)Cn1cnc2sc(C)c(C)c2c1=O)c1ccc(Br)cc1. The van der Waals surface area contributed by atoms with Crippen LogP contribution in [0.5, 0.6) is 0 Å². The highest BCUT2D eigenvalue weighted by atomic mass is 79.9. The van der Waals surface area contributed by atoms with E-state index in [1.807, 2.05) is 45.0 Å². The van der Waals surface area contributed by atoms with Gasteiger partial charge in [0.25, 0.3) is 5.56 Å². The largest absolute Gasteiger partial charge is 0.348 e. The van der Waals surface area contributed by atoms with Crippen molar-refractivity contribution in [2.24, 2.45) is 0 Å². The highest BCUT2D eigenvalue weighted by Gasteiger charge is 2.16. The summed E-state index contributed by atoms with van der Waals surface area (Å²) in [7, 11) is 0. The van der Waals surface area contributed by atoms with Gasteiger partial charge in [0.1, 0.15) is 11.4 Å². The van der Waals surface area contributed by atoms with Crippen molar-refractivity contribution < 1.29 is 4.79 Å². The molecule has 2 aromatic heterocycles. The molecule has 0 radical (unpaired) electrons. The zero-order chi connectivity index (χ0) is 18.8. The van der Waals surface area contributed by atoms with Crippen LogP contribution in [0.4, 0.5) is 0 Å². The van der Waals surface area contributed by atoms with Gasteiger partial charge in [-0.05, 0) is 43.5 Å². The third-order valence-electron chi connectivity index (χ3n) is 4.49. The van der Waals surface area contributed by atoms with Gasteiger partial charge in [-0.25, -0.2) is 4.98 Å². The number of aryl methyl sites for hydroxylation is 2. The van der Waals surface area contributed by atoms with Crippen LogP contribution in [0.1, 0.15) is 35.4 Å². The van der Waals surface area contributed by atoms with Crippen LogP contribution >= 0.6 is 27.3 Å². The fourth-order valence-electron chi connectivity index (χ4n) is 2.89. The van der Waals surface area contributed by atoms with E-state index in [0.717, 1.165) is 31.7 Å². The van der Waals surface area contributed by atoms with Crippen LogP contribution in [-0.2, 0) is 11.3 Å². The number of carbonyl (C=O) groups excluding carboxylic acids is 1. The molecule has 1 atom stereocenters. The normalized spacial score (nSPS) is 12.3. The molecule has 0 aliphatic heterocycles. The van der Waals surface area contributed by atoms with Gasteiger partial charge in [0.15, 0.2) is 0 Å². The summed E-state index contributed by atoms with van der Waals surface area (Å²) in [6, 6.07) is 7.78. The predicted molar refractivity (Wildman–Crippen MR) is 109 cm³/mol. The number of nitrogens with one attached hydrogen (secondary N) is 1. The molecule has 136 valence electrons. The van der Waals surface area contributed by atoms with Gasteiger partial charge in [0.2, 0.25) is 5.91 Å². The predicted octanol–water partition coefficient (Wildman–Crippen LogP) is 4.10. The van der Waals surface area contributed by atoms with Crippen molar-refractivity contribution in [1.29, 1.82) is 0 Å².